The Morgan fingerprint density at radius 2 is 2.41 bits per heavy atom. The van der Waals surface area contributed by atoms with Gasteiger partial charge in [-0.25, -0.2) is 0 Å². The van der Waals surface area contributed by atoms with Gasteiger partial charge in [0.25, 0.3) is 0 Å². The number of aliphatic hydroxyl groups is 1. The lowest BCUT2D eigenvalue weighted by atomic mass is 10.2. The molecule has 2 unspecified atom stereocenters. The third-order valence-corrected chi connectivity index (χ3v) is 3.72. The Bertz CT molecular complexity index is 386. The second kappa shape index (κ2) is 6.56. The zero-order chi connectivity index (χ0) is 11.5. The van der Waals surface area contributed by atoms with Crippen LogP contribution in [0.15, 0.2) is 12.1 Å². The van der Waals surface area contributed by atoms with Gasteiger partial charge in [-0.2, -0.15) is 0 Å². The highest BCUT2D eigenvalue weighted by Gasteiger charge is 2.27. The molecule has 0 spiro atoms. The first-order valence-corrected chi connectivity index (χ1v) is 6.28. The van der Waals surface area contributed by atoms with E-state index in [9.17, 15) is 9.90 Å². The molecular formula is C10H14Cl2N2O2S. The van der Waals surface area contributed by atoms with Gasteiger partial charge in [0.1, 0.15) is 0 Å². The van der Waals surface area contributed by atoms with Gasteiger partial charge in [-0.15, -0.1) is 23.7 Å². The molecule has 4 nitrogen and oxygen atoms in total. The molecule has 1 aliphatic rings. The number of aliphatic hydroxyl groups excluding tert-OH is 1. The Kier molecular flexibility index (Phi) is 5.69. The molecule has 1 aromatic rings. The van der Waals surface area contributed by atoms with Crippen LogP contribution in [-0.2, 0) is 11.3 Å². The maximum absolute atomic E-state index is 11.7. The third-order valence-electron chi connectivity index (χ3n) is 2.49. The summed E-state index contributed by atoms with van der Waals surface area (Å²) in [6.45, 7) is 0.980. The minimum atomic E-state index is -0.410. The molecule has 1 amide bonds. The van der Waals surface area contributed by atoms with Crippen LogP contribution in [0.3, 0.4) is 0 Å². The van der Waals surface area contributed by atoms with E-state index in [-0.39, 0.29) is 24.4 Å². The molecule has 0 aromatic carbocycles. The Morgan fingerprint density at radius 1 is 1.65 bits per heavy atom. The summed E-state index contributed by atoms with van der Waals surface area (Å²) in [5, 5.41) is 15.1. The van der Waals surface area contributed by atoms with Crippen LogP contribution >= 0.6 is 35.3 Å². The number of thiophene rings is 1. The Labute approximate surface area is 115 Å². The highest BCUT2D eigenvalue weighted by Crippen LogP contribution is 2.21. The summed E-state index contributed by atoms with van der Waals surface area (Å²) < 4.78 is 0.721. The average Bonchev–Trinajstić information content (AvgIpc) is 2.84. The molecule has 2 atom stereocenters. The molecule has 2 rings (SSSR count). The zero-order valence-corrected chi connectivity index (χ0v) is 11.4. The van der Waals surface area contributed by atoms with E-state index < -0.39 is 6.10 Å². The molecule has 0 bridgehead atoms. The lowest BCUT2D eigenvalue weighted by molar-refractivity contribution is -0.123. The van der Waals surface area contributed by atoms with Crippen LogP contribution in [0.2, 0.25) is 4.34 Å². The largest absolute Gasteiger partial charge is 0.392 e. The second-order valence-corrected chi connectivity index (χ2v) is 5.57. The van der Waals surface area contributed by atoms with Crippen molar-refractivity contribution in [2.75, 3.05) is 6.54 Å². The molecule has 0 radical (unpaired) electrons. The first kappa shape index (κ1) is 14.7. The molecule has 2 heterocycles. The molecule has 0 aliphatic carbocycles. The Morgan fingerprint density at radius 3 is 2.94 bits per heavy atom. The van der Waals surface area contributed by atoms with Crippen LogP contribution in [0.5, 0.6) is 0 Å². The van der Waals surface area contributed by atoms with Crippen molar-refractivity contribution in [3.63, 3.8) is 0 Å². The van der Waals surface area contributed by atoms with E-state index in [2.05, 4.69) is 10.6 Å². The van der Waals surface area contributed by atoms with E-state index in [1.165, 1.54) is 11.3 Å². The van der Waals surface area contributed by atoms with Crippen molar-refractivity contribution in [3.05, 3.63) is 21.3 Å². The van der Waals surface area contributed by atoms with Crippen molar-refractivity contribution in [2.45, 2.75) is 25.1 Å². The van der Waals surface area contributed by atoms with E-state index in [1.54, 1.807) is 0 Å². The van der Waals surface area contributed by atoms with Crippen LogP contribution in [0, 0.1) is 0 Å². The van der Waals surface area contributed by atoms with Crippen LogP contribution in [0.4, 0.5) is 0 Å². The maximum atomic E-state index is 11.7. The van der Waals surface area contributed by atoms with Gasteiger partial charge in [0.15, 0.2) is 0 Å². The molecule has 1 saturated heterocycles. The van der Waals surface area contributed by atoms with Gasteiger partial charge < -0.3 is 15.7 Å². The summed E-state index contributed by atoms with van der Waals surface area (Å²) in [6.07, 6.45) is 0.0729. The number of hydrogen-bond acceptors (Lipinski definition) is 4. The topological polar surface area (TPSA) is 61.4 Å². The molecule has 0 saturated carbocycles. The third kappa shape index (κ3) is 4.12. The van der Waals surface area contributed by atoms with E-state index >= 15 is 0 Å². The number of carbonyl (C=O) groups is 1. The summed E-state index contributed by atoms with van der Waals surface area (Å²) in [5.74, 6) is -0.0685. The predicted octanol–water partition coefficient (Wildman–Crippen LogP) is 1.16. The molecule has 1 aromatic heterocycles. The molecule has 3 N–H and O–H groups in total. The fourth-order valence-corrected chi connectivity index (χ4v) is 2.69. The summed E-state index contributed by atoms with van der Waals surface area (Å²) in [5.41, 5.74) is 0. The quantitative estimate of drug-likeness (QED) is 0.784. The van der Waals surface area contributed by atoms with Crippen LogP contribution < -0.4 is 10.6 Å². The molecule has 1 aliphatic heterocycles. The number of hydrogen-bond donors (Lipinski definition) is 3. The van der Waals surface area contributed by atoms with Gasteiger partial charge in [0, 0.05) is 11.4 Å². The van der Waals surface area contributed by atoms with Crippen LogP contribution in [-0.4, -0.2) is 29.7 Å². The molecule has 7 heteroatoms. The second-order valence-electron chi connectivity index (χ2n) is 3.77. The lowest BCUT2D eigenvalue weighted by Gasteiger charge is -2.09. The maximum Gasteiger partial charge on any atom is 0.237 e. The van der Waals surface area contributed by atoms with Gasteiger partial charge in [-0.3, -0.25) is 4.79 Å². The average molecular weight is 297 g/mol. The number of amides is 1. The predicted molar refractivity (Wildman–Crippen MR) is 70.8 cm³/mol. The summed E-state index contributed by atoms with van der Waals surface area (Å²) >= 11 is 7.24. The van der Waals surface area contributed by atoms with Gasteiger partial charge in [-0.05, 0) is 18.6 Å². The van der Waals surface area contributed by atoms with E-state index in [0.29, 0.717) is 19.5 Å². The summed E-state index contributed by atoms with van der Waals surface area (Å²) in [4.78, 5) is 12.7. The Balaban J connectivity index is 0.00000144. The highest BCUT2D eigenvalue weighted by molar-refractivity contribution is 7.16. The van der Waals surface area contributed by atoms with E-state index in [0.717, 1.165) is 9.21 Å². The number of rotatable bonds is 3. The minimum absolute atomic E-state index is 0. The Hall–Kier alpha value is -0.330. The fourth-order valence-electron chi connectivity index (χ4n) is 1.66. The smallest absolute Gasteiger partial charge is 0.237 e. The number of carbonyl (C=O) groups excluding carboxylic acids is 1. The number of nitrogens with one attached hydrogen (secondary N) is 2. The van der Waals surface area contributed by atoms with E-state index in [1.807, 2.05) is 12.1 Å². The standard InChI is InChI=1S/C10H13ClN2O2S.ClH/c11-9-2-1-7(16-9)5-13-10(15)8-3-6(14)4-12-8;/h1-2,6,8,12,14H,3-5H2,(H,13,15);1H. The van der Waals surface area contributed by atoms with Crippen molar-refractivity contribution in [1.29, 1.82) is 0 Å². The first-order valence-electron chi connectivity index (χ1n) is 5.08. The number of β-amino-alcohol motifs (C(OH)–C–C–N with tert-alkyl or cyclic N) is 1. The minimum Gasteiger partial charge on any atom is -0.392 e. The number of halogens is 2. The molecule has 96 valence electrons. The van der Waals surface area contributed by atoms with Gasteiger partial charge in [0.2, 0.25) is 5.91 Å². The molecule has 17 heavy (non-hydrogen) atoms. The van der Waals surface area contributed by atoms with Gasteiger partial charge in [-0.1, -0.05) is 11.6 Å². The summed E-state index contributed by atoms with van der Waals surface area (Å²) in [7, 11) is 0. The van der Waals surface area contributed by atoms with E-state index in [4.69, 9.17) is 11.6 Å². The van der Waals surface area contributed by atoms with Gasteiger partial charge >= 0.3 is 0 Å². The van der Waals surface area contributed by atoms with Crippen molar-refractivity contribution in [3.8, 4) is 0 Å². The van der Waals surface area contributed by atoms with Crippen molar-refractivity contribution >= 4 is 41.3 Å². The molecule has 1 fully saturated rings. The SMILES string of the molecule is Cl.O=C(NCc1ccc(Cl)s1)C1CC(O)CN1. The molecular weight excluding hydrogens is 283 g/mol. The van der Waals surface area contributed by atoms with Crippen LogP contribution in [0.25, 0.3) is 0 Å². The monoisotopic (exact) mass is 296 g/mol. The van der Waals surface area contributed by atoms with Crippen molar-refractivity contribution in [1.82, 2.24) is 10.6 Å². The first-order chi connectivity index (χ1) is 7.65. The van der Waals surface area contributed by atoms with Crippen LogP contribution in [0.1, 0.15) is 11.3 Å². The fraction of sp³-hybridized carbons (Fsp3) is 0.500. The highest BCUT2D eigenvalue weighted by atomic mass is 35.5. The van der Waals surface area contributed by atoms with Crippen molar-refractivity contribution < 1.29 is 9.90 Å². The van der Waals surface area contributed by atoms with Crippen molar-refractivity contribution in [2.24, 2.45) is 0 Å². The normalized spacial score (nSPS) is 23.2. The van der Waals surface area contributed by atoms with Gasteiger partial charge in [0.05, 0.1) is 23.0 Å². The lowest BCUT2D eigenvalue weighted by Crippen LogP contribution is -2.39. The zero-order valence-electron chi connectivity index (χ0n) is 8.98. The summed E-state index contributed by atoms with van der Waals surface area (Å²) in [6, 6.07) is 3.43.